The number of rotatable bonds is 2. The maximum absolute atomic E-state index is 12.2. The normalized spacial score (nSPS) is 11.7. The molecular formula is C8H9F3N2. The average Bonchev–Trinajstić information content (AvgIpc) is 2.04. The third-order valence-corrected chi connectivity index (χ3v) is 1.50. The molecule has 0 unspecified atom stereocenters. The number of nitrogens with zero attached hydrogens (tertiary/aromatic N) is 1. The van der Waals surface area contributed by atoms with Crippen LogP contribution < -0.4 is 5.32 Å². The van der Waals surface area contributed by atoms with Crippen molar-refractivity contribution in [2.75, 3.05) is 7.05 Å². The lowest BCUT2D eigenvalue weighted by atomic mass is 10.2. The minimum absolute atomic E-state index is 0.337. The fourth-order valence-electron chi connectivity index (χ4n) is 0.932. The lowest BCUT2D eigenvalue weighted by molar-refractivity contribution is -0.137. The van der Waals surface area contributed by atoms with Crippen LogP contribution in [0.2, 0.25) is 0 Å². The highest BCUT2D eigenvalue weighted by atomic mass is 19.4. The molecule has 0 radical (unpaired) electrons. The molecule has 72 valence electrons. The van der Waals surface area contributed by atoms with E-state index in [1.807, 2.05) is 0 Å². The van der Waals surface area contributed by atoms with Crippen LogP contribution in [0.25, 0.3) is 0 Å². The van der Waals surface area contributed by atoms with Gasteiger partial charge in [0.2, 0.25) is 0 Å². The molecule has 1 rings (SSSR count). The van der Waals surface area contributed by atoms with Crippen LogP contribution >= 0.6 is 0 Å². The van der Waals surface area contributed by atoms with Gasteiger partial charge in [0.1, 0.15) is 0 Å². The molecule has 0 aliphatic rings. The van der Waals surface area contributed by atoms with Gasteiger partial charge in [0.25, 0.3) is 0 Å². The molecule has 0 saturated carbocycles. The van der Waals surface area contributed by atoms with Crippen molar-refractivity contribution >= 4 is 0 Å². The lowest BCUT2D eigenvalue weighted by Gasteiger charge is -2.07. The van der Waals surface area contributed by atoms with E-state index in [-0.39, 0.29) is 0 Å². The molecule has 13 heavy (non-hydrogen) atoms. The molecule has 0 aliphatic heterocycles. The van der Waals surface area contributed by atoms with Crippen LogP contribution in [0.4, 0.5) is 13.2 Å². The van der Waals surface area contributed by atoms with Crippen molar-refractivity contribution in [2.45, 2.75) is 12.7 Å². The van der Waals surface area contributed by atoms with Crippen molar-refractivity contribution in [2.24, 2.45) is 0 Å². The minimum Gasteiger partial charge on any atom is -0.314 e. The monoisotopic (exact) mass is 190 g/mol. The first-order valence-corrected chi connectivity index (χ1v) is 3.71. The van der Waals surface area contributed by atoms with Gasteiger partial charge in [0, 0.05) is 12.7 Å². The van der Waals surface area contributed by atoms with Gasteiger partial charge in [0.05, 0.1) is 11.3 Å². The second kappa shape index (κ2) is 3.74. The first kappa shape index (κ1) is 9.98. The number of halogens is 3. The summed E-state index contributed by atoms with van der Waals surface area (Å²) in [5.41, 5.74) is -0.273. The summed E-state index contributed by atoms with van der Waals surface area (Å²) in [6.07, 6.45) is -3.12. The fraction of sp³-hybridized carbons (Fsp3) is 0.375. The van der Waals surface area contributed by atoms with Gasteiger partial charge in [-0.2, -0.15) is 13.2 Å². The standard InChI is InChI=1S/C8H9F3N2/c1-12-5-7-4-6(2-3-13-7)8(9,10)11/h2-4,12H,5H2,1H3. The maximum Gasteiger partial charge on any atom is 0.416 e. The van der Waals surface area contributed by atoms with Crippen LogP contribution in [0.3, 0.4) is 0 Å². The highest BCUT2D eigenvalue weighted by molar-refractivity contribution is 5.19. The van der Waals surface area contributed by atoms with Gasteiger partial charge in [-0.05, 0) is 19.2 Å². The first-order chi connectivity index (χ1) is 6.04. The molecule has 5 heteroatoms. The van der Waals surface area contributed by atoms with Gasteiger partial charge >= 0.3 is 6.18 Å². The van der Waals surface area contributed by atoms with E-state index in [1.54, 1.807) is 7.05 Å². The molecule has 0 aliphatic carbocycles. The van der Waals surface area contributed by atoms with Crippen LogP contribution in [0.1, 0.15) is 11.3 Å². The van der Waals surface area contributed by atoms with E-state index in [9.17, 15) is 13.2 Å². The van der Waals surface area contributed by atoms with Gasteiger partial charge < -0.3 is 5.32 Å². The molecule has 0 amide bonds. The number of hydrogen-bond acceptors (Lipinski definition) is 2. The minimum atomic E-state index is -4.29. The molecule has 1 heterocycles. The maximum atomic E-state index is 12.2. The molecule has 1 N–H and O–H groups in total. The zero-order valence-electron chi connectivity index (χ0n) is 7.02. The molecule has 1 aromatic heterocycles. The van der Waals surface area contributed by atoms with E-state index in [1.165, 1.54) is 0 Å². The predicted octanol–water partition coefficient (Wildman–Crippen LogP) is 1.82. The molecule has 0 aromatic carbocycles. The van der Waals surface area contributed by atoms with E-state index in [0.29, 0.717) is 12.2 Å². The summed E-state index contributed by atoms with van der Waals surface area (Å²) >= 11 is 0. The Morgan fingerprint density at radius 1 is 1.46 bits per heavy atom. The zero-order valence-corrected chi connectivity index (χ0v) is 7.02. The Morgan fingerprint density at radius 2 is 2.15 bits per heavy atom. The van der Waals surface area contributed by atoms with Crippen molar-refractivity contribution < 1.29 is 13.2 Å². The van der Waals surface area contributed by atoms with Crippen LogP contribution in [0.5, 0.6) is 0 Å². The third kappa shape index (κ3) is 2.69. The Labute approximate surface area is 73.8 Å². The quantitative estimate of drug-likeness (QED) is 0.769. The number of alkyl halides is 3. The SMILES string of the molecule is CNCc1cc(C(F)(F)F)ccn1. The Bertz CT molecular complexity index is 283. The Hall–Kier alpha value is -1.10. The van der Waals surface area contributed by atoms with Crippen molar-refractivity contribution in [3.63, 3.8) is 0 Å². The number of hydrogen-bond donors (Lipinski definition) is 1. The van der Waals surface area contributed by atoms with E-state index in [4.69, 9.17) is 0 Å². The van der Waals surface area contributed by atoms with Gasteiger partial charge in [-0.3, -0.25) is 4.98 Å². The summed E-state index contributed by atoms with van der Waals surface area (Å²) in [4.78, 5) is 3.78. The van der Waals surface area contributed by atoms with Gasteiger partial charge in [0.15, 0.2) is 0 Å². The molecular weight excluding hydrogens is 181 g/mol. The second-order valence-electron chi connectivity index (χ2n) is 2.56. The highest BCUT2D eigenvalue weighted by Gasteiger charge is 2.30. The summed E-state index contributed by atoms with van der Waals surface area (Å²) in [7, 11) is 1.65. The van der Waals surface area contributed by atoms with Gasteiger partial charge in [-0.25, -0.2) is 0 Å². The molecule has 0 saturated heterocycles. The smallest absolute Gasteiger partial charge is 0.314 e. The number of aromatic nitrogens is 1. The third-order valence-electron chi connectivity index (χ3n) is 1.50. The van der Waals surface area contributed by atoms with E-state index >= 15 is 0 Å². The Kier molecular flexibility index (Phi) is 2.87. The van der Waals surface area contributed by atoms with Crippen molar-refractivity contribution in [1.82, 2.24) is 10.3 Å². The predicted molar refractivity (Wildman–Crippen MR) is 42.0 cm³/mol. The van der Waals surface area contributed by atoms with Crippen LogP contribution in [0.15, 0.2) is 18.3 Å². The molecule has 0 atom stereocenters. The fourth-order valence-corrected chi connectivity index (χ4v) is 0.932. The molecule has 0 fully saturated rings. The topological polar surface area (TPSA) is 24.9 Å². The zero-order chi connectivity index (χ0) is 9.90. The van der Waals surface area contributed by atoms with Crippen molar-refractivity contribution in [1.29, 1.82) is 0 Å². The van der Waals surface area contributed by atoms with E-state index in [2.05, 4.69) is 10.3 Å². The summed E-state index contributed by atoms with van der Waals surface area (Å²) in [5, 5.41) is 2.73. The number of pyridine rings is 1. The summed E-state index contributed by atoms with van der Waals surface area (Å²) in [5.74, 6) is 0. The summed E-state index contributed by atoms with van der Waals surface area (Å²) < 4.78 is 36.5. The Balaban J connectivity index is 2.92. The summed E-state index contributed by atoms with van der Waals surface area (Å²) in [6.45, 7) is 0.337. The molecule has 0 spiro atoms. The molecule has 1 aromatic rings. The van der Waals surface area contributed by atoms with E-state index in [0.717, 1.165) is 18.3 Å². The molecule has 0 bridgehead atoms. The Morgan fingerprint density at radius 3 is 2.69 bits per heavy atom. The number of nitrogens with one attached hydrogen (secondary N) is 1. The second-order valence-corrected chi connectivity index (χ2v) is 2.56. The van der Waals surface area contributed by atoms with Crippen molar-refractivity contribution in [3.05, 3.63) is 29.6 Å². The van der Waals surface area contributed by atoms with Crippen LogP contribution in [0, 0.1) is 0 Å². The van der Waals surface area contributed by atoms with Crippen LogP contribution in [-0.2, 0) is 12.7 Å². The van der Waals surface area contributed by atoms with Crippen molar-refractivity contribution in [3.8, 4) is 0 Å². The van der Waals surface area contributed by atoms with Gasteiger partial charge in [-0.15, -0.1) is 0 Å². The lowest BCUT2D eigenvalue weighted by Crippen LogP contribution is -2.10. The first-order valence-electron chi connectivity index (χ1n) is 3.71. The average molecular weight is 190 g/mol. The largest absolute Gasteiger partial charge is 0.416 e. The van der Waals surface area contributed by atoms with Crippen LogP contribution in [-0.4, -0.2) is 12.0 Å². The van der Waals surface area contributed by atoms with E-state index < -0.39 is 11.7 Å². The molecule has 2 nitrogen and oxygen atoms in total. The highest BCUT2D eigenvalue weighted by Crippen LogP contribution is 2.28. The summed E-state index contributed by atoms with van der Waals surface area (Å²) in [6, 6.07) is 2.00. The van der Waals surface area contributed by atoms with Gasteiger partial charge in [-0.1, -0.05) is 0 Å².